The van der Waals surface area contributed by atoms with Crippen LogP contribution in [-0.4, -0.2) is 18.5 Å². The predicted molar refractivity (Wildman–Crippen MR) is 98.5 cm³/mol. The Morgan fingerprint density at radius 2 is 1.52 bits per heavy atom. The van der Waals surface area contributed by atoms with Crippen molar-refractivity contribution < 1.29 is 35.3 Å². The smallest absolute Gasteiger partial charge is 0.300 e. The molecule has 0 saturated heterocycles. The Bertz CT molecular complexity index is 973. The van der Waals surface area contributed by atoms with Gasteiger partial charge in [0.2, 0.25) is 17.4 Å². The summed E-state index contributed by atoms with van der Waals surface area (Å²) in [6.07, 6.45) is 1.67. The fraction of sp³-hybridized carbons (Fsp3) is 0.368. The standard InChI is InChI=1S/C19H21F4NO4S/c1-4-5-12(19(2,3)24)10-6-8-11(9-7-10)28-17-13(20)15(22)18(29(25,26)27)16(23)14(17)21/h6-9,12H,4-5,24H2,1-3H3,(H,25,26,27). The summed E-state index contributed by atoms with van der Waals surface area (Å²) in [5.41, 5.74) is 6.50. The molecule has 2 aromatic rings. The van der Waals surface area contributed by atoms with Gasteiger partial charge in [0, 0.05) is 11.5 Å². The van der Waals surface area contributed by atoms with Gasteiger partial charge in [0.05, 0.1) is 0 Å². The van der Waals surface area contributed by atoms with Gasteiger partial charge < -0.3 is 10.5 Å². The summed E-state index contributed by atoms with van der Waals surface area (Å²) in [6.45, 7) is 5.73. The largest absolute Gasteiger partial charge is 0.451 e. The van der Waals surface area contributed by atoms with Crippen LogP contribution < -0.4 is 10.5 Å². The van der Waals surface area contributed by atoms with E-state index in [9.17, 15) is 26.0 Å². The zero-order chi connectivity index (χ0) is 22.1. The quantitative estimate of drug-likeness (QED) is 0.367. The number of hydrogen-bond acceptors (Lipinski definition) is 4. The number of rotatable bonds is 7. The van der Waals surface area contributed by atoms with Crippen molar-refractivity contribution in [3.63, 3.8) is 0 Å². The minimum absolute atomic E-state index is 0.0149. The second-order valence-corrected chi connectivity index (χ2v) is 8.58. The van der Waals surface area contributed by atoms with Gasteiger partial charge in [-0.05, 0) is 38.0 Å². The van der Waals surface area contributed by atoms with E-state index in [1.54, 1.807) is 12.1 Å². The maximum absolute atomic E-state index is 14.1. The van der Waals surface area contributed by atoms with Gasteiger partial charge in [0.25, 0.3) is 0 Å². The minimum atomic E-state index is -5.53. The molecular formula is C19H21F4NO4S. The highest BCUT2D eigenvalue weighted by Gasteiger charge is 2.33. The molecule has 3 N–H and O–H groups in total. The molecule has 0 fully saturated rings. The van der Waals surface area contributed by atoms with Crippen LogP contribution in [-0.2, 0) is 10.1 Å². The third kappa shape index (κ3) is 4.88. The summed E-state index contributed by atoms with van der Waals surface area (Å²) >= 11 is 0. The average molecular weight is 435 g/mol. The lowest BCUT2D eigenvalue weighted by atomic mass is 9.80. The molecular weight excluding hydrogens is 414 g/mol. The zero-order valence-corrected chi connectivity index (χ0v) is 16.8. The number of nitrogens with two attached hydrogens (primary N) is 1. The first kappa shape index (κ1) is 23.1. The SMILES string of the molecule is CCCC(c1ccc(Oc2c(F)c(F)c(S(=O)(=O)O)c(F)c2F)cc1)C(C)(C)N. The van der Waals surface area contributed by atoms with Gasteiger partial charge in [-0.3, -0.25) is 4.55 Å². The minimum Gasteiger partial charge on any atom is -0.451 e. The molecule has 0 aliphatic rings. The number of halogens is 4. The molecule has 0 radical (unpaired) electrons. The van der Waals surface area contributed by atoms with Gasteiger partial charge in [-0.15, -0.1) is 0 Å². The van der Waals surface area contributed by atoms with E-state index in [1.807, 2.05) is 20.8 Å². The molecule has 0 saturated carbocycles. The molecule has 0 spiro atoms. The van der Waals surface area contributed by atoms with Gasteiger partial charge in [-0.2, -0.15) is 17.2 Å². The van der Waals surface area contributed by atoms with Crippen LogP contribution in [0.25, 0.3) is 0 Å². The molecule has 0 bridgehead atoms. The Morgan fingerprint density at radius 1 is 1.03 bits per heavy atom. The Morgan fingerprint density at radius 3 is 1.90 bits per heavy atom. The lowest BCUT2D eigenvalue weighted by molar-refractivity contribution is 0.346. The Kier molecular flexibility index (Phi) is 6.61. The molecule has 5 nitrogen and oxygen atoms in total. The first-order valence-electron chi connectivity index (χ1n) is 8.69. The van der Waals surface area contributed by atoms with Crippen molar-refractivity contribution in [2.24, 2.45) is 5.73 Å². The maximum atomic E-state index is 14.1. The summed E-state index contributed by atoms with van der Waals surface area (Å²) in [5, 5.41) is 0. The number of ether oxygens (including phenoxy) is 1. The summed E-state index contributed by atoms with van der Waals surface area (Å²) in [4.78, 5) is -2.12. The van der Waals surface area contributed by atoms with Crippen LogP contribution in [0.15, 0.2) is 29.2 Å². The molecule has 10 heteroatoms. The van der Waals surface area contributed by atoms with Gasteiger partial charge in [-0.25, -0.2) is 8.78 Å². The highest BCUT2D eigenvalue weighted by Crippen LogP contribution is 2.36. The van der Waals surface area contributed by atoms with E-state index in [2.05, 4.69) is 0 Å². The third-order valence-electron chi connectivity index (χ3n) is 4.42. The van der Waals surface area contributed by atoms with Crippen LogP contribution in [0.1, 0.15) is 45.1 Å². The van der Waals surface area contributed by atoms with Crippen LogP contribution in [0.4, 0.5) is 17.6 Å². The van der Waals surface area contributed by atoms with Gasteiger partial charge in [-0.1, -0.05) is 25.5 Å². The average Bonchev–Trinajstić information content (AvgIpc) is 2.60. The first-order chi connectivity index (χ1) is 13.3. The Labute approximate surface area is 166 Å². The molecule has 0 aliphatic carbocycles. The fourth-order valence-electron chi connectivity index (χ4n) is 3.05. The second kappa shape index (κ2) is 8.29. The molecule has 0 heterocycles. The lowest BCUT2D eigenvalue weighted by Crippen LogP contribution is -2.39. The van der Waals surface area contributed by atoms with E-state index in [0.717, 1.165) is 18.4 Å². The van der Waals surface area contributed by atoms with Crippen molar-refractivity contribution in [1.82, 2.24) is 0 Å². The summed E-state index contributed by atoms with van der Waals surface area (Å²) in [6, 6.07) is 5.91. The molecule has 1 unspecified atom stereocenters. The van der Waals surface area contributed by atoms with Crippen molar-refractivity contribution in [1.29, 1.82) is 0 Å². The topological polar surface area (TPSA) is 89.6 Å². The van der Waals surface area contributed by atoms with Crippen LogP contribution in [0.2, 0.25) is 0 Å². The predicted octanol–water partition coefficient (Wildman–Crippen LogP) is 4.90. The van der Waals surface area contributed by atoms with Crippen LogP contribution in [0.3, 0.4) is 0 Å². The van der Waals surface area contributed by atoms with Gasteiger partial charge in [0.15, 0.2) is 16.5 Å². The molecule has 1 atom stereocenters. The van der Waals surface area contributed by atoms with Crippen LogP contribution in [0.5, 0.6) is 11.5 Å². The third-order valence-corrected chi connectivity index (χ3v) is 5.29. The van der Waals surface area contributed by atoms with E-state index in [0.29, 0.717) is 0 Å². The van der Waals surface area contributed by atoms with Crippen molar-refractivity contribution in [3.8, 4) is 11.5 Å². The van der Waals surface area contributed by atoms with Gasteiger partial charge >= 0.3 is 10.1 Å². The van der Waals surface area contributed by atoms with Crippen molar-refractivity contribution >= 4 is 10.1 Å². The normalized spacial score (nSPS) is 13.4. The molecule has 0 aliphatic heterocycles. The Balaban J connectivity index is 2.43. The number of hydrogen-bond donors (Lipinski definition) is 2. The van der Waals surface area contributed by atoms with E-state index >= 15 is 0 Å². The van der Waals surface area contributed by atoms with Crippen molar-refractivity contribution in [2.45, 2.75) is 50.0 Å². The van der Waals surface area contributed by atoms with Crippen molar-refractivity contribution in [2.75, 3.05) is 0 Å². The molecule has 160 valence electrons. The second-order valence-electron chi connectivity index (χ2n) is 7.22. The van der Waals surface area contributed by atoms with E-state index in [1.165, 1.54) is 12.1 Å². The fourth-order valence-corrected chi connectivity index (χ4v) is 3.68. The van der Waals surface area contributed by atoms with E-state index in [-0.39, 0.29) is 11.7 Å². The summed E-state index contributed by atoms with van der Waals surface area (Å²) in [7, 11) is -5.53. The molecule has 2 aromatic carbocycles. The highest BCUT2D eigenvalue weighted by atomic mass is 32.2. The maximum Gasteiger partial charge on any atom is 0.300 e. The molecule has 0 amide bonds. The number of benzene rings is 2. The molecule has 0 aromatic heterocycles. The van der Waals surface area contributed by atoms with E-state index in [4.69, 9.17) is 15.0 Å². The van der Waals surface area contributed by atoms with E-state index < -0.39 is 49.6 Å². The summed E-state index contributed by atoms with van der Waals surface area (Å²) in [5.74, 6) is -10.4. The summed E-state index contributed by atoms with van der Waals surface area (Å²) < 4.78 is 91.6. The Hall–Kier alpha value is -2.17. The van der Waals surface area contributed by atoms with Crippen LogP contribution >= 0.6 is 0 Å². The molecule has 29 heavy (non-hydrogen) atoms. The lowest BCUT2D eigenvalue weighted by Gasteiger charge is -2.31. The first-order valence-corrected chi connectivity index (χ1v) is 10.1. The molecule has 2 rings (SSSR count). The van der Waals surface area contributed by atoms with Crippen molar-refractivity contribution in [3.05, 3.63) is 53.1 Å². The zero-order valence-electron chi connectivity index (χ0n) is 16.0. The monoisotopic (exact) mass is 435 g/mol. The van der Waals surface area contributed by atoms with Gasteiger partial charge in [0.1, 0.15) is 5.75 Å². The highest BCUT2D eigenvalue weighted by molar-refractivity contribution is 7.85. The van der Waals surface area contributed by atoms with Crippen LogP contribution in [0, 0.1) is 23.3 Å².